The molecule has 5 heteroatoms. The molecule has 0 saturated carbocycles. The number of aromatic nitrogens is 1. The van der Waals surface area contributed by atoms with E-state index in [2.05, 4.69) is 37.3 Å². The normalized spacial score (nSPS) is 15.9. The van der Waals surface area contributed by atoms with Crippen molar-refractivity contribution in [3.05, 3.63) is 34.8 Å². The Morgan fingerprint density at radius 3 is 2.61 bits per heavy atom. The van der Waals surface area contributed by atoms with Gasteiger partial charge in [0.25, 0.3) is 0 Å². The van der Waals surface area contributed by atoms with Gasteiger partial charge in [0.15, 0.2) is 0 Å². The topological polar surface area (TPSA) is 25.4 Å². The Morgan fingerprint density at radius 2 is 1.89 bits per heavy atom. The minimum absolute atomic E-state index is 0.797. The molecule has 1 fully saturated rings. The smallest absolute Gasteiger partial charge is 0.127 e. The average molecular weight is 325 g/mol. The maximum atomic E-state index is 5.38. The number of ether oxygens (including phenoxy) is 1. The number of anilines is 1. The van der Waals surface area contributed by atoms with Gasteiger partial charge in [-0.1, -0.05) is 30.3 Å². The van der Waals surface area contributed by atoms with Gasteiger partial charge in [-0.25, -0.2) is 0 Å². The largest absolute Gasteiger partial charge is 0.378 e. The summed E-state index contributed by atoms with van der Waals surface area (Å²) < 4.78 is 11.1. The van der Waals surface area contributed by atoms with Crippen molar-refractivity contribution >= 4 is 32.5 Å². The molecule has 0 unspecified atom stereocenters. The molecule has 2 heterocycles. The maximum absolute atomic E-state index is 5.38. The highest BCUT2D eigenvalue weighted by molar-refractivity contribution is 9.10. The van der Waals surface area contributed by atoms with E-state index in [1.54, 1.807) is 11.5 Å². The molecular weight excluding hydrogens is 312 g/mol. The van der Waals surface area contributed by atoms with Gasteiger partial charge in [0.1, 0.15) is 10.7 Å². The average Bonchev–Trinajstić information content (AvgIpc) is 2.83. The van der Waals surface area contributed by atoms with Crippen molar-refractivity contribution < 1.29 is 4.74 Å². The van der Waals surface area contributed by atoms with Crippen molar-refractivity contribution in [1.29, 1.82) is 0 Å². The first-order chi connectivity index (χ1) is 8.86. The van der Waals surface area contributed by atoms with E-state index in [4.69, 9.17) is 4.74 Å². The molecule has 1 aromatic heterocycles. The molecule has 1 aromatic carbocycles. The molecule has 2 aromatic rings. The predicted molar refractivity (Wildman–Crippen MR) is 78.3 cm³/mol. The zero-order valence-electron chi connectivity index (χ0n) is 9.80. The maximum Gasteiger partial charge on any atom is 0.127 e. The van der Waals surface area contributed by atoms with Crippen LogP contribution in [0.15, 0.2) is 34.8 Å². The van der Waals surface area contributed by atoms with E-state index in [1.165, 1.54) is 5.00 Å². The van der Waals surface area contributed by atoms with E-state index in [1.807, 2.05) is 18.2 Å². The predicted octanol–water partition coefficient (Wildman–Crippen LogP) is 3.41. The van der Waals surface area contributed by atoms with Crippen molar-refractivity contribution in [2.45, 2.75) is 0 Å². The number of halogens is 1. The third-order valence-corrected chi connectivity index (χ3v) is 4.89. The number of morpholine rings is 1. The van der Waals surface area contributed by atoms with Gasteiger partial charge in [0.2, 0.25) is 0 Å². The van der Waals surface area contributed by atoms with E-state index in [9.17, 15) is 0 Å². The fraction of sp³-hybridized carbons (Fsp3) is 0.308. The first-order valence-electron chi connectivity index (χ1n) is 5.89. The monoisotopic (exact) mass is 324 g/mol. The first kappa shape index (κ1) is 12.1. The fourth-order valence-electron chi connectivity index (χ4n) is 2.01. The van der Waals surface area contributed by atoms with Crippen LogP contribution in [0.2, 0.25) is 0 Å². The van der Waals surface area contributed by atoms with Crippen LogP contribution in [0.25, 0.3) is 11.3 Å². The molecule has 0 atom stereocenters. The molecule has 0 N–H and O–H groups in total. The second-order valence-corrected chi connectivity index (χ2v) is 5.66. The lowest BCUT2D eigenvalue weighted by Gasteiger charge is -2.27. The summed E-state index contributed by atoms with van der Waals surface area (Å²) in [5, 5.41) is 1.21. The molecule has 0 spiro atoms. The van der Waals surface area contributed by atoms with E-state index in [0.29, 0.717) is 0 Å². The molecule has 1 saturated heterocycles. The van der Waals surface area contributed by atoms with Gasteiger partial charge < -0.3 is 9.64 Å². The lowest BCUT2D eigenvalue weighted by molar-refractivity contribution is 0.123. The molecule has 1 aliphatic heterocycles. The van der Waals surface area contributed by atoms with Crippen molar-refractivity contribution in [2.24, 2.45) is 0 Å². The molecule has 18 heavy (non-hydrogen) atoms. The van der Waals surface area contributed by atoms with Crippen LogP contribution in [0.4, 0.5) is 5.00 Å². The van der Waals surface area contributed by atoms with Crippen molar-refractivity contribution in [1.82, 2.24) is 4.37 Å². The van der Waals surface area contributed by atoms with E-state index in [-0.39, 0.29) is 0 Å². The van der Waals surface area contributed by atoms with Gasteiger partial charge in [0, 0.05) is 18.7 Å². The minimum Gasteiger partial charge on any atom is -0.378 e. The van der Waals surface area contributed by atoms with Gasteiger partial charge in [-0.3, -0.25) is 0 Å². The van der Waals surface area contributed by atoms with Crippen LogP contribution in [0, 0.1) is 0 Å². The Morgan fingerprint density at radius 1 is 1.17 bits per heavy atom. The summed E-state index contributed by atoms with van der Waals surface area (Å²) in [4.78, 5) is 2.33. The quantitative estimate of drug-likeness (QED) is 0.846. The lowest BCUT2D eigenvalue weighted by Crippen LogP contribution is -2.35. The zero-order chi connectivity index (χ0) is 12.4. The van der Waals surface area contributed by atoms with Crippen LogP contribution < -0.4 is 4.90 Å². The summed E-state index contributed by atoms with van der Waals surface area (Å²) in [6.45, 7) is 3.47. The van der Waals surface area contributed by atoms with Gasteiger partial charge in [0.05, 0.1) is 17.7 Å². The van der Waals surface area contributed by atoms with Crippen molar-refractivity contribution in [2.75, 3.05) is 31.2 Å². The van der Waals surface area contributed by atoms with Crippen LogP contribution in [0.5, 0.6) is 0 Å². The van der Waals surface area contributed by atoms with Gasteiger partial charge in [-0.2, -0.15) is 4.37 Å². The number of benzene rings is 1. The number of hydrogen-bond donors (Lipinski definition) is 0. The standard InChI is InChI=1S/C13H13BrN2OS/c14-11-12(10-4-2-1-3-5-10)15-18-13(11)16-6-8-17-9-7-16/h1-5H,6-9H2. The summed E-state index contributed by atoms with van der Waals surface area (Å²) in [5.41, 5.74) is 2.18. The molecule has 3 rings (SSSR count). The molecule has 0 aliphatic carbocycles. The van der Waals surface area contributed by atoms with Crippen molar-refractivity contribution in [3.63, 3.8) is 0 Å². The van der Waals surface area contributed by atoms with E-state index in [0.717, 1.165) is 42.0 Å². The molecule has 0 amide bonds. The summed E-state index contributed by atoms with van der Waals surface area (Å²) >= 11 is 5.24. The molecular formula is C13H13BrN2OS. The molecule has 0 radical (unpaired) electrons. The number of rotatable bonds is 2. The molecule has 0 bridgehead atoms. The summed E-state index contributed by atoms with van der Waals surface area (Å²) in [7, 11) is 0. The van der Waals surface area contributed by atoms with E-state index >= 15 is 0 Å². The SMILES string of the molecule is Brc1c(-c2ccccc2)nsc1N1CCOCC1. The minimum atomic E-state index is 0.797. The number of hydrogen-bond acceptors (Lipinski definition) is 4. The van der Waals surface area contributed by atoms with Crippen LogP contribution in [-0.2, 0) is 4.74 Å². The van der Waals surface area contributed by atoms with Crippen molar-refractivity contribution in [3.8, 4) is 11.3 Å². The van der Waals surface area contributed by atoms with Crippen LogP contribution >= 0.6 is 27.5 Å². The Kier molecular flexibility index (Phi) is 3.63. The highest BCUT2D eigenvalue weighted by Crippen LogP contribution is 2.39. The van der Waals surface area contributed by atoms with Crippen LogP contribution in [-0.4, -0.2) is 30.7 Å². The summed E-state index contributed by atoms with van der Waals surface area (Å²) in [6, 6.07) is 10.3. The third-order valence-electron chi connectivity index (χ3n) is 2.96. The van der Waals surface area contributed by atoms with Crippen LogP contribution in [0.1, 0.15) is 0 Å². The van der Waals surface area contributed by atoms with Crippen LogP contribution in [0.3, 0.4) is 0 Å². The fourth-order valence-corrected chi connectivity index (χ4v) is 3.76. The Labute approximate surface area is 119 Å². The Balaban J connectivity index is 1.92. The highest BCUT2D eigenvalue weighted by atomic mass is 79.9. The third kappa shape index (κ3) is 2.30. The zero-order valence-corrected chi connectivity index (χ0v) is 12.2. The molecule has 1 aliphatic rings. The summed E-state index contributed by atoms with van der Waals surface area (Å²) in [5.74, 6) is 0. The Hall–Kier alpha value is -0.910. The van der Waals surface area contributed by atoms with Gasteiger partial charge >= 0.3 is 0 Å². The second kappa shape index (κ2) is 5.38. The number of nitrogens with zero attached hydrogens (tertiary/aromatic N) is 2. The summed E-state index contributed by atoms with van der Waals surface area (Å²) in [6.07, 6.45) is 0. The lowest BCUT2D eigenvalue weighted by atomic mass is 10.1. The first-order valence-corrected chi connectivity index (χ1v) is 7.46. The highest BCUT2D eigenvalue weighted by Gasteiger charge is 2.19. The molecule has 94 valence electrons. The van der Waals surface area contributed by atoms with E-state index < -0.39 is 0 Å². The Bertz CT molecular complexity index is 523. The molecule has 3 nitrogen and oxygen atoms in total. The van der Waals surface area contributed by atoms with Gasteiger partial charge in [-0.15, -0.1) is 0 Å². The second-order valence-electron chi connectivity index (χ2n) is 4.12. The van der Waals surface area contributed by atoms with Gasteiger partial charge in [-0.05, 0) is 27.5 Å².